The molecular weight excluding hydrogens is 188 g/mol. The lowest BCUT2D eigenvalue weighted by molar-refractivity contribution is -0.137. The van der Waals surface area contributed by atoms with Crippen molar-refractivity contribution in [2.75, 3.05) is 0 Å². The summed E-state index contributed by atoms with van der Waals surface area (Å²) in [6.45, 7) is 2.06. The highest BCUT2D eigenvalue weighted by Gasteiger charge is 2.34. The molecule has 2 rings (SSSR count). The summed E-state index contributed by atoms with van der Waals surface area (Å²) in [6, 6.07) is 8.14. The molecule has 0 heterocycles. The number of hydrogen-bond acceptors (Lipinski definition) is 1. The fourth-order valence-electron chi connectivity index (χ4n) is 2.22. The number of aliphatic carboxylic acids is 1. The third kappa shape index (κ3) is 2.38. The maximum Gasteiger partial charge on any atom is 0.303 e. The molecule has 1 aromatic carbocycles. The van der Waals surface area contributed by atoms with Gasteiger partial charge in [0.15, 0.2) is 0 Å². The summed E-state index contributed by atoms with van der Waals surface area (Å²) >= 11 is 0. The van der Waals surface area contributed by atoms with E-state index >= 15 is 0 Å². The monoisotopic (exact) mass is 204 g/mol. The molecule has 1 aliphatic carbocycles. The van der Waals surface area contributed by atoms with Crippen molar-refractivity contribution in [1.29, 1.82) is 0 Å². The van der Waals surface area contributed by atoms with Gasteiger partial charge < -0.3 is 5.11 Å². The molecule has 0 saturated heterocycles. The summed E-state index contributed by atoms with van der Waals surface area (Å²) in [4.78, 5) is 10.8. The maximum absolute atomic E-state index is 10.8. The highest BCUT2D eigenvalue weighted by atomic mass is 16.4. The van der Waals surface area contributed by atoms with Crippen molar-refractivity contribution < 1.29 is 9.90 Å². The van der Waals surface area contributed by atoms with Crippen molar-refractivity contribution >= 4 is 5.97 Å². The Balaban J connectivity index is 2.24. The van der Waals surface area contributed by atoms with E-state index in [1.165, 1.54) is 24.0 Å². The molecule has 2 heteroatoms. The molecule has 1 atom stereocenters. The van der Waals surface area contributed by atoms with Gasteiger partial charge >= 0.3 is 5.97 Å². The van der Waals surface area contributed by atoms with Gasteiger partial charge in [-0.1, -0.05) is 24.3 Å². The Hall–Kier alpha value is -1.31. The van der Waals surface area contributed by atoms with E-state index in [0.717, 1.165) is 0 Å². The van der Waals surface area contributed by atoms with Crippen molar-refractivity contribution in [1.82, 2.24) is 0 Å². The minimum atomic E-state index is -0.685. The standard InChI is InChI=1S/C13H16O2/c1-9-4-2-3-5-11(9)12(8-13(14)15)10-6-7-10/h2-5,10,12H,6-8H2,1H3,(H,14,15). The largest absolute Gasteiger partial charge is 0.481 e. The van der Waals surface area contributed by atoms with Crippen LogP contribution in [0.5, 0.6) is 0 Å². The second kappa shape index (κ2) is 4.05. The van der Waals surface area contributed by atoms with Crippen molar-refractivity contribution in [3.63, 3.8) is 0 Å². The van der Waals surface area contributed by atoms with E-state index in [0.29, 0.717) is 5.92 Å². The number of carboxylic acids is 1. The minimum Gasteiger partial charge on any atom is -0.481 e. The molecular formula is C13H16O2. The van der Waals surface area contributed by atoms with Gasteiger partial charge in [0.05, 0.1) is 6.42 Å². The Morgan fingerprint density at radius 2 is 2.13 bits per heavy atom. The average molecular weight is 204 g/mol. The number of carboxylic acid groups (broad SMARTS) is 1. The van der Waals surface area contributed by atoms with Crippen LogP contribution in [0.1, 0.15) is 36.3 Å². The van der Waals surface area contributed by atoms with Crippen LogP contribution in [0.3, 0.4) is 0 Å². The van der Waals surface area contributed by atoms with Crippen molar-refractivity contribution in [3.8, 4) is 0 Å². The zero-order chi connectivity index (χ0) is 10.8. The van der Waals surface area contributed by atoms with E-state index in [1.807, 2.05) is 12.1 Å². The summed E-state index contributed by atoms with van der Waals surface area (Å²) < 4.78 is 0. The summed E-state index contributed by atoms with van der Waals surface area (Å²) in [5.41, 5.74) is 2.44. The Bertz CT molecular complexity index is 367. The van der Waals surface area contributed by atoms with Crippen LogP contribution in [0.2, 0.25) is 0 Å². The van der Waals surface area contributed by atoms with E-state index in [4.69, 9.17) is 5.11 Å². The van der Waals surface area contributed by atoms with Crippen molar-refractivity contribution in [2.24, 2.45) is 5.92 Å². The predicted octanol–water partition coefficient (Wildman–Crippen LogP) is 2.96. The maximum atomic E-state index is 10.8. The third-order valence-corrected chi connectivity index (χ3v) is 3.17. The molecule has 0 bridgehead atoms. The van der Waals surface area contributed by atoms with Crippen LogP contribution >= 0.6 is 0 Å². The van der Waals surface area contributed by atoms with Gasteiger partial charge in [-0.25, -0.2) is 0 Å². The minimum absolute atomic E-state index is 0.226. The van der Waals surface area contributed by atoms with Gasteiger partial charge in [-0.05, 0) is 42.7 Å². The number of aryl methyl sites for hydroxylation is 1. The van der Waals surface area contributed by atoms with E-state index in [2.05, 4.69) is 19.1 Å². The summed E-state index contributed by atoms with van der Waals surface area (Å²) in [5, 5.41) is 8.91. The van der Waals surface area contributed by atoms with Crippen LogP contribution < -0.4 is 0 Å². The zero-order valence-corrected chi connectivity index (χ0v) is 8.94. The number of benzene rings is 1. The van der Waals surface area contributed by atoms with Gasteiger partial charge in [-0.2, -0.15) is 0 Å². The van der Waals surface area contributed by atoms with Crippen LogP contribution in [-0.4, -0.2) is 11.1 Å². The summed E-state index contributed by atoms with van der Waals surface area (Å²) in [6.07, 6.45) is 2.65. The first kappa shape index (κ1) is 10.2. The Kier molecular flexibility index (Phi) is 2.76. The van der Waals surface area contributed by atoms with Gasteiger partial charge in [0, 0.05) is 0 Å². The molecule has 1 unspecified atom stereocenters. The van der Waals surface area contributed by atoms with Gasteiger partial charge in [-0.3, -0.25) is 4.79 Å². The average Bonchev–Trinajstić information content (AvgIpc) is 2.98. The van der Waals surface area contributed by atoms with Crippen molar-refractivity contribution in [3.05, 3.63) is 35.4 Å². The first-order chi connectivity index (χ1) is 7.18. The number of hydrogen-bond donors (Lipinski definition) is 1. The highest BCUT2D eigenvalue weighted by molar-refractivity contribution is 5.68. The van der Waals surface area contributed by atoms with Crippen molar-refractivity contribution in [2.45, 2.75) is 32.1 Å². The smallest absolute Gasteiger partial charge is 0.303 e. The van der Waals surface area contributed by atoms with Gasteiger partial charge in [0.2, 0.25) is 0 Å². The fourth-order valence-corrected chi connectivity index (χ4v) is 2.22. The normalized spacial score (nSPS) is 17.4. The topological polar surface area (TPSA) is 37.3 Å². The van der Waals surface area contributed by atoms with E-state index in [-0.39, 0.29) is 12.3 Å². The fraction of sp³-hybridized carbons (Fsp3) is 0.462. The Morgan fingerprint density at radius 1 is 1.47 bits per heavy atom. The van der Waals surface area contributed by atoms with Gasteiger partial charge in [0.1, 0.15) is 0 Å². The molecule has 1 fully saturated rings. The third-order valence-electron chi connectivity index (χ3n) is 3.17. The lowest BCUT2D eigenvalue weighted by Crippen LogP contribution is -2.09. The van der Waals surface area contributed by atoms with Crippen LogP contribution in [0.4, 0.5) is 0 Å². The molecule has 2 nitrogen and oxygen atoms in total. The van der Waals surface area contributed by atoms with Crippen LogP contribution in [0, 0.1) is 12.8 Å². The Morgan fingerprint density at radius 3 is 2.67 bits per heavy atom. The molecule has 1 saturated carbocycles. The number of carbonyl (C=O) groups is 1. The van der Waals surface area contributed by atoms with Gasteiger partial charge in [0.25, 0.3) is 0 Å². The van der Waals surface area contributed by atoms with Crippen LogP contribution in [-0.2, 0) is 4.79 Å². The van der Waals surface area contributed by atoms with Gasteiger partial charge in [-0.15, -0.1) is 0 Å². The first-order valence-corrected chi connectivity index (χ1v) is 5.46. The SMILES string of the molecule is Cc1ccccc1C(CC(=O)O)C1CC1. The molecule has 1 aliphatic rings. The predicted molar refractivity (Wildman–Crippen MR) is 58.9 cm³/mol. The summed E-state index contributed by atoms with van der Waals surface area (Å²) in [7, 11) is 0. The zero-order valence-electron chi connectivity index (χ0n) is 8.94. The molecule has 1 aromatic rings. The first-order valence-electron chi connectivity index (χ1n) is 5.46. The Labute approximate surface area is 89.9 Å². The second-order valence-electron chi connectivity index (χ2n) is 4.40. The van der Waals surface area contributed by atoms with E-state index in [1.54, 1.807) is 0 Å². The molecule has 0 aliphatic heterocycles. The quantitative estimate of drug-likeness (QED) is 0.818. The van der Waals surface area contributed by atoms with E-state index in [9.17, 15) is 4.79 Å². The lowest BCUT2D eigenvalue weighted by Gasteiger charge is -2.16. The molecule has 0 spiro atoms. The number of rotatable bonds is 4. The lowest BCUT2D eigenvalue weighted by atomic mass is 9.88. The van der Waals surface area contributed by atoms with Crippen LogP contribution in [0.15, 0.2) is 24.3 Å². The molecule has 15 heavy (non-hydrogen) atoms. The van der Waals surface area contributed by atoms with E-state index < -0.39 is 5.97 Å². The second-order valence-corrected chi connectivity index (χ2v) is 4.40. The summed E-state index contributed by atoms with van der Waals surface area (Å²) in [5.74, 6) is 0.140. The highest BCUT2D eigenvalue weighted by Crippen LogP contribution is 2.45. The molecule has 0 radical (unpaired) electrons. The molecule has 1 N–H and O–H groups in total. The molecule has 0 amide bonds. The molecule has 0 aromatic heterocycles. The van der Waals surface area contributed by atoms with Crippen LogP contribution in [0.25, 0.3) is 0 Å². The molecule has 80 valence electrons.